The van der Waals surface area contributed by atoms with Crippen molar-refractivity contribution in [2.45, 2.75) is 0 Å². The molecule has 3 rings (SSSR count). The highest BCUT2D eigenvalue weighted by molar-refractivity contribution is 5.96. The molecule has 2 heterocycles. The van der Waals surface area contributed by atoms with E-state index in [2.05, 4.69) is 10.1 Å². The SMILES string of the molecule is COc1ccccc1-c1cc(C(=O)O)c2nc(N)nn2c1. The summed E-state index contributed by atoms with van der Waals surface area (Å²) in [5, 5.41) is 13.3. The number of methoxy groups -OCH3 is 1. The molecule has 21 heavy (non-hydrogen) atoms. The predicted molar refractivity (Wildman–Crippen MR) is 76.3 cm³/mol. The number of carboxylic acids is 1. The van der Waals surface area contributed by atoms with Crippen LogP contribution in [-0.4, -0.2) is 32.8 Å². The van der Waals surface area contributed by atoms with Gasteiger partial charge < -0.3 is 15.6 Å². The van der Waals surface area contributed by atoms with E-state index in [9.17, 15) is 9.90 Å². The molecule has 7 nitrogen and oxygen atoms in total. The molecule has 0 radical (unpaired) electrons. The van der Waals surface area contributed by atoms with Crippen LogP contribution in [0, 0.1) is 0 Å². The zero-order chi connectivity index (χ0) is 15.0. The molecule has 0 amide bonds. The number of nitrogen functional groups attached to an aromatic ring is 1. The van der Waals surface area contributed by atoms with E-state index in [-0.39, 0.29) is 17.2 Å². The number of aromatic nitrogens is 3. The average molecular weight is 284 g/mol. The van der Waals surface area contributed by atoms with Crippen molar-refractivity contribution >= 4 is 17.6 Å². The topological polar surface area (TPSA) is 103 Å². The van der Waals surface area contributed by atoms with Crippen molar-refractivity contribution in [3.05, 3.63) is 42.1 Å². The van der Waals surface area contributed by atoms with Crippen molar-refractivity contribution in [2.24, 2.45) is 0 Å². The van der Waals surface area contributed by atoms with E-state index in [1.807, 2.05) is 18.2 Å². The summed E-state index contributed by atoms with van der Waals surface area (Å²) in [6.07, 6.45) is 1.67. The van der Waals surface area contributed by atoms with Crippen LogP contribution in [-0.2, 0) is 0 Å². The third-order valence-corrected chi connectivity index (χ3v) is 3.10. The van der Waals surface area contributed by atoms with Crippen molar-refractivity contribution in [1.29, 1.82) is 0 Å². The number of pyridine rings is 1. The molecule has 1 aromatic carbocycles. The molecule has 0 aliphatic heterocycles. The maximum absolute atomic E-state index is 11.4. The van der Waals surface area contributed by atoms with E-state index < -0.39 is 5.97 Å². The van der Waals surface area contributed by atoms with Crippen LogP contribution >= 0.6 is 0 Å². The molecule has 7 heteroatoms. The Morgan fingerprint density at radius 3 is 2.86 bits per heavy atom. The normalized spacial score (nSPS) is 10.7. The maximum Gasteiger partial charge on any atom is 0.339 e. The van der Waals surface area contributed by atoms with Gasteiger partial charge in [-0.25, -0.2) is 9.31 Å². The minimum Gasteiger partial charge on any atom is -0.496 e. The summed E-state index contributed by atoms with van der Waals surface area (Å²) in [6.45, 7) is 0. The van der Waals surface area contributed by atoms with Gasteiger partial charge in [-0.05, 0) is 12.1 Å². The number of aromatic carboxylic acids is 1. The third-order valence-electron chi connectivity index (χ3n) is 3.10. The first-order valence-corrected chi connectivity index (χ1v) is 6.12. The number of anilines is 1. The summed E-state index contributed by atoms with van der Waals surface area (Å²) in [5.74, 6) is -0.430. The molecule has 0 saturated heterocycles. The van der Waals surface area contributed by atoms with Gasteiger partial charge in [0, 0.05) is 17.3 Å². The van der Waals surface area contributed by atoms with E-state index >= 15 is 0 Å². The van der Waals surface area contributed by atoms with Crippen LogP contribution in [0.3, 0.4) is 0 Å². The first kappa shape index (κ1) is 12.9. The van der Waals surface area contributed by atoms with Gasteiger partial charge >= 0.3 is 5.97 Å². The fraction of sp³-hybridized carbons (Fsp3) is 0.0714. The molecule has 0 aliphatic carbocycles. The molecule has 2 aromatic heterocycles. The summed E-state index contributed by atoms with van der Waals surface area (Å²) >= 11 is 0. The second-order valence-corrected chi connectivity index (χ2v) is 4.39. The van der Waals surface area contributed by atoms with Gasteiger partial charge in [-0.15, -0.1) is 5.10 Å². The van der Waals surface area contributed by atoms with E-state index in [0.717, 1.165) is 5.56 Å². The Balaban J connectivity index is 2.31. The number of ether oxygens (including phenoxy) is 1. The minimum absolute atomic E-state index is 0.0228. The molecule has 0 atom stereocenters. The standard InChI is InChI=1S/C14H12N4O3/c1-21-11-5-3-2-4-9(11)8-6-10(13(19)20)12-16-14(15)17-18(12)7-8/h2-7H,1H3,(H2,15,17)(H,19,20). The molecule has 0 aliphatic rings. The number of nitrogens with zero attached hydrogens (tertiary/aromatic N) is 3. The first-order chi connectivity index (χ1) is 10.1. The number of rotatable bonds is 3. The highest BCUT2D eigenvalue weighted by atomic mass is 16.5. The van der Waals surface area contributed by atoms with Crippen molar-refractivity contribution in [1.82, 2.24) is 14.6 Å². The van der Waals surface area contributed by atoms with Gasteiger partial charge in [-0.1, -0.05) is 18.2 Å². The number of hydrogen-bond donors (Lipinski definition) is 2. The number of hydrogen-bond acceptors (Lipinski definition) is 5. The van der Waals surface area contributed by atoms with Crippen molar-refractivity contribution in [2.75, 3.05) is 12.8 Å². The molecular weight excluding hydrogens is 272 g/mol. The molecule has 0 bridgehead atoms. The molecule has 0 spiro atoms. The Hall–Kier alpha value is -3.09. The van der Waals surface area contributed by atoms with Crippen LogP contribution in [0.1, 0.15) is 10.4 Å². The summed E-state index contributed by atoms with van der Waals surface area (Å²) in [4.78, 5) is 15.3. The Morgan fingerprint density at radius 2 is 2.14 bits per heavy atom. The Kier molecular flexibility index (Phi) is 2.94. The van der Waals surface area contributed by atoms with Crippen LogP contribution in [0.15, 0.2) is 36.5 Å². The van der Waals surface area contributed by atoms with Gasteiger partial charge in [0.25, 0.3) is 0 Å². The van der Waals surface area contributed by atoms with Crippen LogP contribution in [0.2, 0.25) is 0 Å². The minimum atomic E-state index is -1.09. The van der Waals surface area contributed by atoms with Gasteiger partial charge in [0.1, 0.15) is 11.3 Å². The molecule has 3 aromatic rings. The van der Waals surface area contributed by atoms with Crippen molar-refractivity contribution in [3.63, 3.8) is 0 Å². The van der Waals surface area contributed by atoms with Crippen LogP contribution in [0.5, 0.6) is 5.75 Å². The number of benzene rings is 1. The summed E-state index contributed by atoms with van der Waals surface area (Å²) in [7, 11) is 1.56. The molecule has 0 unspecified atom stereocenters. The van der Waals surface area contributed by atoms with E-state index in [0.29, 0.717) is 11.3 Å². The molecular formula is C14H12N4O3. The van der Waals surface area contributed by atoms with Gasteiger partial charge in [-0.3, -0.25) is 0 Å². The Bertz CT molecular complexity index is 841. The summed E-state index contributed by atoms with van der Waals surface area (Å²) < 4.78 is 6.66. The van der Waals surface area contributed by atoms with Crippen molar-refractivity contribution in [3.8, 4) is 16.9 Å². The second-order valence-electron chi connectivity index (χ2n) is 4.39. The molecule has 0 saturated carbocycles. The monoisotopic (exact) mass is 284 g/mol. The number of carboxylic acid groups (broad SMARTS) is 1. The lowest BCUT2D eigenvalue weighted by molar-refractivity contribution is 0.0698. The highest BCUT2D eigenvalue weighted by Crippen LogP contribution is 2.30. The van der Waals surface area contributed by atoms with Crippen LogP contribution < -0.4 is 10.5 Å². The lowest BCUT2D eigenvalue weighted by atomic mass is 10.0. The van der Waals surface area contributed by atoms with E-state index in [1.165, 1.54) is 10.6 Å². The predicted octanol–water partition coefficient (Wildman–Crippen LogP) is 1.69. The second kappa shape index (κ2) is 4.78. The highest BCUT2D eigenvalue weighted by Gasteiger charge is 2.16. The quantitative estimate of drug-likeness (QED) is 0.758. The smallest absolute Gasteiger partial charge is 0.339 e. The van der Waals surface area contributed by atoms with Crippen LogP contribution in [0.4, 0.5) is 5.95 Å². The maximum atomic E-state index is 11.4. The third kappa shape index (κ3) is 2.14. The van der Waals surface area contributed by atoms with Gasteiger partial charge in [0.15, 0.2) is 5.65 Å². The fourth-order valence-corrected chi connectivity index (χ4v) is 2.19. The zero-order valence-corrected chi connectivity index (χ0v) is 11.1. The molecule has 3 N–H and O–H groups in total. The lowest BCUT2D eigenvalue weighted by Crippen LogP contribution is -2.03. The lowest BCUT2D eigenvalue weighted by Gasteiger charge is -2.09. The Labute approximate surface area is 119 Å². The number of para-hydroxylation sites is 1. The summed E-state index contributed by atoms with van der Waals surface area (Å²) in [6, 6.07) is 8.86. The summed E-state index contributed by atoms with van der Waals surface area (Å²) in [5.41, 5.74) is 7.20. The molecule has 106 valence electrons. The fourth-order valence-electron chi connectivity index (χ4n) is 2.19. The van der Waals surface area contributed by atoms with Gasteiger partial charge in [0.2, 0.25) is 5.95 Å². The number of fused-ring (bicyclic) bond motifs is 1. The largest absolute Gasteiger partial charge is 0.496 e. The number of carbonyl (C=O) groups is 1. The van der Waals surface area contributed by atoms with E-state index in [1.54, 1.807) is 19.4 Å². The Morgan fingerprint density at radius 1 is 1.38 bits per heavy atom. The molecule has 0 fully saturated rings. The van der Waals surface area contributed by atoms with E-state index in [4.69, 9.17) is 10.5 Å². The van der Waals surface area contributed by atoms with Crippen LogP contribution in [0.25, 0.3) is 16.8 Å². The average Bonchev–Trinajstić information content (AvgIpc) is 2.85. The zero-order valence-electron chi connectivity index (χ0n) is 11.1. The number of nitrogens with two attached hydrogens (primary N) is 1. The van der Waals surface area contributed by atoms with Gasteiger partial charge in [-0.2, -0.15) is 4.98 Å². The first-order valence-electron chi connectivity index (χ1n) is 6.12. The van der Waals surface area contributed by atoms with Crippen molar-refractivity contribution < 1.29 is 14.6 Å². The van der Waals surface area contributed by atoms with Gasteiger partial charge in [0.05, 0.1) is 7.11 Å².